The molecule has 0 atom stereocenters. The highest BCUT2D eigenvalue weighted by Crippen LogP contribution is 2.40. The van der Waals surface area contributed by atoms with Crippen molar-refractivity contribution in [3.8, 4) is 5.69 Å². The lowest BCUT2D eigenvalue weighted by Crippen LogP contribution is -2.14. The molecule has 1 aromatic heterocycles. The third-order valence-electron chi connectivity index (χ3n) is 3.14. The van der Waals surface area contributed by atoms with Crippen molar-refractivity contribution in [3.05, 3.63) is 39.0 Å². The van der Waals surface area contributed by atoms with Crippen LogP contribution in [0, 0.1) is 0 Å². The Balaban J connectivity index is 2.78. The van der Waals surface area contributed by atoms with Crippen LogP contribution in [0.5, 0.6) is 0 Å². The Morgan fingerprint density at radius 1 is 1.12 bits per heavy atom. The van der Waals surface area contributed by atoms with Crippen LogP contribution in [0.1, 0.15) is 21.6 Å². The van der Waals surface area contributed by atoms with E-state index in [0.29, 0.717) is 16.8 Å². The summed E-state index contributed by atoms with van der Waals surface area (Å²) in [6.45, 7) is 0. The van der Waals surface area contributed by atoms with E-state index < -0.39 is 56.7 Å². The van der Waals surface area contributed by atoms with Gasteiger partial charge >= 0.3 is 18.3 Å². The maximum atomic E-state index is 13.1. The number of nitrogens with two attached hydrogens (primary N) is 1. The summed E-state index contributed by atoms with van der Waals surface area (Å²) in [5, 5.41) is 1.80. The number of carbonyl (C=O) groups is 1. The minimum atomic E-state index is -5.10. The lowest BCUT2D eigenvalue weighted by atomic mass is 10.2. The summed E-state index contributed by atoms with van der Waals surface area (Å²) in [6.07, 6.45) is -9.90. The van der Waals surface area contributed by atoms with Crippen LogP contribution in [0.4, 0.5) is 32.2 Å². The van der Waals surface area contributed by atoms with Crippen molar-refractivity contribution in [1.82, 2.24) is 9.78 Å². The molecule has 2 aromatic rings. The monoisotopic (exact) mass is 421 g/mol. The van der Waals surface area contributed by atoms with Gasteiger partial charge in [-0.05, 0) is 12.1 Å². The van der Waals surface area contributed by atoms with E-state index in [1.54, 1.807) is 0 Å². The molecule has 2 rings (SSSR count). The maximum absolute atomic E-state index is 13.1. The average molecular weight is 422 g/mol. The highest BCUT2D eigenvalue weighted by atomic mass is 35.5. The molecular formula is C13H7Cl2F6N3O2. The number of nitrogen functional groups attached to an aromatic ring is 1. The highest BCUT2D eigenvalue weighted by molar-refractivity contribution is 6.38. The third-order valence-corrected chi connectivity index (χ3v) is 3.71. The molecule has 5 nitrogen and oxygen atoms in total. The lowest BCUT2D eigenvalue weighted by Gasteiger charge is -2.13. The molecule has 0 radical (unpaired) electrons. The molecule has 0 unspecified atom stereocenters. The number of anilines is 1. The van der Waals surface area contributed by atoms with Gasteiger partial charge in [-0.1, -0.05) is 23.2 Å². The molecule has 0 bridgehead atoms. The van der Waals surface area contributed by atoms with Crippen molar-refractivity contribution < 1.29 is 35.9 Å². The molecule has 0 fully saturated rings. The summed E-state index contributed by atoms with van der Waals surface area (Å²) >= 11 is 11.5. The zero-order valence-corrected chi connectivity index (χ0v) is 14.0. The Morgan fingerprint density at radius 3 is 2.00 bits per heavy atom. The first-order valence-electron chi connectivity index (χ1n) is 6.39. The summed E-state index contributed by atoms with van der Waals surface area (Å²) < 4.78 is 82.2. The van der Waals surface area contributed by atoms with E-state index in [2.05, 4.69) is 9.84 Å². The standard InChI is InChI=1S/C13H7Cl2F6N3O2/c1-26-11(25)7-9(13(19,20)21)23-24(10(7)22)8-5(14)2-4(3-6(8)15)12(16,17)18/h2-3H,22H2,1H3. The van der Waals surface area contributed by atoms with Gasteiger partial charge in [0.05, 0.1) is 22.7 Å². The van der Waals surface area contributed by atoms with Gasteiger partial charge in [-0.3, -0.25) is 0 Å². The molecule has 0 spiro atoms. The maximum Gasteiger partial charge on any atom is 0.436 e. The molecule has 0 saturated heterocycles. The Morgan fingerprint density at radius 2 is 1.62 bits per heavy atom. The van der Waals surface area contributed by atoms with E-state index in [4.69, 9.17) is 28.9 Å². The van der Waals surface area contributed by atoms with E-state index >= 15 is 0 Å². The number of hydrogen-bond acceptors (Lipinski definition) is 4. The van der Waals surface area contributed by atoms with Crippen LogP contribution in [0.3, 0.4) is 0 Å². The minimum Gasteiger partial charge on any atom is -0.465 e. The van der Waals surface area contributed by atoms with Gasteiger partial charge in [0.25, 0.3) is 0 Å². The Bertz CT molecular complexity index is 853. The molecule has 0 aliphatic rings. The SMILES string of the molecule is COC(=O)c1c(C(F)(F)F)nn(-c2c(Cl)cc(C(F)(F)F)cc2Cl)c1N. The zero-order chi connectivity index (χ0) is 20.0. The summed E-state index contributed by atoms with van der Waals surface area (Å²) in [5.41, 5.74) is 0.926. The predicted molar refractivity (Wildman–Crippen MR) is 79.3 cm³/mol. The summed E-state index contributed by atoms with van der Waals surface area (Å²) in [7, 11) is 0.817. The number of halogens is 8. The first kappa shape index (κ1) is 20.2. The second-order valence-electron chi connectivity index (χ2n) is 4.80. The largest absolute Gasteiger partial charge is 0.465 e. The van der Waals surface area contributed by atoms with Crippen molar-refractivity contribution in [2.24, 2.45) is 0 Å². The first-order chi connectivity index (χ1) is 11.8. The Hall–Kier alpha value is -2.14. The number of rotatable bonds is 2. The van der Waals surface area contributed by atoms with Gasteiger partial charge in [0.2, 0.25) is 0 Å². The van der Waals surface area contributed by atoms with E-state index in [0.717, 1.165) is 7.11 Å². The van der Waals surface area contributed by atoms with Crippen molar-refractivity contribution in [1.29, 1.82) is 0 Å². The quantitative estimate of drug-likeness (QED) is 0.568. The van der Waals surface area contributed by atoms with Gasteiger partial charge < -0.3 is 10.5 Å². The summed E-state index contributed by atoms with van der Waals surface area (Å²) in [4.78, 5) is 11.6. The van der Waals surface area contributed by atoms with E-state index in [1.807, 2.05) is 0 Å². The molecular weight excluding hydrogens is 415 g/mol. The zero-order valence-electron chi connectivity index (χ0n) is 12.5. The van der Waals surface area contributed by atoms with Gasteiger partial charge in [0.1, 0.15) is 17.1 Å². The third kappa shape index (κ3) is 3.54. The van der Waals surface area contributed by atoms with Crippen LogP contribution in [0.2, 0.25) is 10.0 Å². The summed E-state index contributed by atoms with van der Waals surface area (Å²) in [6, 6.07) is 0.879. The topological polar surface area (TPSA) is 70.1 Å². The molecule has 1 heterocycles. The van der Waals surface area contributed by atoms with E-state index in [1.165, 1.54) is 0 Å². The second-order valence-corrected chi connectivity index (χ2v) is 5.61. The smallest absolute Gasteiger partial charge is 0.436 e. The normalized spacial score (nSPS) is 12.3. The Labute approximate surface area is 151 Å². The fourth-order valence-corrected chi connectivity index (χ4v) is 2.68. The van der Waals surface area contributed by atoms with Crippen molar-refractivity contribution in [2.45, 2.75) is 12.4 Å². The highest BCUT2D eigenvalue weighted by Gasteiger charge is 2.42. The van der Waals surface area contributed by atoms with Gasteiger partial charge in [-0.15, -0.1) is 0 Å². The molecule has 142 valence electrons. The fourth-order valence-electron chi connectivity index (χ4n) is 2.03. The van der Waals surface area contributed by atoms with Crippen molar-refractivity contribution in [2.75, 3.05) is 12.8 Å². The van der Waals surface area contributed by atoms with Gasteiger partial charge in [-0.2, -0.15) is 31.4 Å². The summed E-state index contributed by atoms with van der Waals surface area (Å²) in [5.74, 6) is -2.30. The number of nitrogens with zero attached hydrogens (tertiary/aromatic N) is 2. The number of benzene rings is 1. The second kappa shape index (κ2) is 6.54. The molecule has 0 amide bonds. The van der Waals surface area contributed by atoms with Crippen molar-refractivity contribution in [3.63, 3.8) is 0 Å². The number of alkyl halides is 6. The molecule has 0 aliphatic carbocycles. The predicted octanol–water partition coefficient (Wildman–Crippen LogP) is 4.59. The molecule has 0 aliphatic heterocycles. The molecule has 0 saturated carbocycles. The van der Waals surface area contributed by atoms with Crippen LogP contribution >= 0.6 is 23.2 Å². The number of ether oxygens (including phenoxy) is 1. The van der Waals surface area contributed by atoms with Crippen LogP contribution in [-0.2, 0) is 17.1 Å². The van der Waals surface area contributed by atoms with Crippen LogP contribution < -0.4 is 5.73 Å². The van der Waals surface area contributed by atoms with Crippen LogP contribution in [0.25, 0.3) is 5.69 Å². The number of aromatic nitrogens is 2. The number of methoxy groups -OCH3 is 1. The molecule has 1 aromatic carbocycles. The minimum absolute atomic E-state index is 0.333. The van der Waals surface area contributed by atoms with Crippen molar-refractivity contribution >= 4 is 35.0 Å². The van der Waals surface area contributed by atoms with E-state index in [9.17, 15) is 31.1 Å². The number of esters is 1. The average Bonchev–Trinajstić information content (AvgIpc) is 2.82. The molecule has 13 heteroatoms. The van der Waals surface area contributed by atoms with Gasteiger partial charge in [-0.25, -0.2) is 9.48 Å². The molecule has 26 heavy (non-hydrogen) atoms. The Kier molecular flexibility index (Phi) is 5.08. The fraction of sp³-hybridized carbons (Fsp3) is 0.231. The van der Waals surface area contributed by atoms with E-state index in [-0.39, 0.29) is 0 Å². The van der Waals surface area contributed by atoms with Gasteiger partial charge in [0, 0.05) is 0 Å². The van der Waals surface area contributed by atoms with Crippen LogP contribution in [0.15, 0.2) is 12.1 Å². The number of hydrogen-bond donors (Lipinski definition) is 1. The number of carbonyl (C=O) groups excluding carboxylic acids is 1. The lowest BCUT2D eigenvalue weighted by molar-refractivity contribution is -0.141. The van der Waals surface area contributed by atoms with Gasteiger partial charge in [0.15, 0.2) is 5.69 Å². The first-order valence-corrected chi connectivity index (χ1v) is 7.15. The van der Waals surface area contributed by atoms with Crippen LogP contribution in [-0.4, -0.2) is 22.9 Å². The molecule has 2 N–H and O–H groups in total.